The summed E-state index contributed by atoms with van der Waals surface area (Å²) >= 11 is 0. The quantitative estimate of drug-likeness (QED) is 0.0882. The number of aliphatic imine (C=N–C) groups is 2. The number of alkyl halides is 3. The summed E-state index contributed by atoms with van der Waals surface area (Å²) in [4.78, 5) is 72.6. The monoisotopic (exact) mass is 668 g/mol. The summed E-state index contributed by atoms with van der Waals surface area (Å²) in [6, 6.07) is 1.69. The van der Waals surface area contributed by atoms with E-state index in [0.29, 0.717) is 18.4 Å². The van der Waals surface area contributed by atoms with Gasteiger partial charge >= 0.3 is 6.18 Å². The van der Waals surface area contributed by atoms with Gasteiger partial charge < -0.3 is 44.2 Å². The van der Waals surface area contributed by atoms with Gasteiger partial charge in [0.15, 0.2) is 11.9 Å². The first-order valence-corrected chi connectivity index (χ1v) is 15.2. The number of rotatable bonds is 10. The lowest BCUT2D eigenvalue weighted by Gasteiger charge is -2.25. The van der Waals surface area contributed by atoms with E-state index < -0.39 is 53.7 Å². The van der Waals surface area contributed by atoms with E-state index >= 15 is 0 Å². The van der Waals surface area contributed by atoms with Gasteiger partial charge in [-0.25, -0.2) is 0 Å². The Bertz CT molecular complexity index is 1310. The van der Waals surface area contributed by atoms with E-state index in [0.717, 1.165) is 0 Å². The second-order valence-electron chi connectivity index (χ2n) is 11.0. The van der Waals surface area contributed by atoms with Crippen LogP contribution in [0.5, 0.6) is 0 Å². The Morgan fingerprint density at radius 1 is 0.830 bits per heavy atom. The number of benzene rings is 1. The van der Waals surface area contributed by atoms with Gasteiger partial charge in [-0.2, -0.15) is 13.2 Å². The molecule has 0 spiro atoms. The Hall–Kier alpha value is -4.90. The predicted molar refractivity (Wildman–Crippen MR) is 168 cm³/mol. The number of unbranched alkanes of at least 4 members (excludes halogenated alkanes) is 1. The van der Waals surface area contributed by atoms with E-state index in [2.05, 4.69) is 31.3 Å². The highest BCUT2D eigenvalue weighted by Crippen LogP contribution is 2.21. The number of amides is 4. The van der Waals surface area contributed by atoms with Gasteiger partial charge in [0.2, 0.25) is 17.7 Å². The van der Waals surface area contributed by atoms with E-state index in [9.17, 15) is 37.1 Å². The number of fused-ring (bicyclic) bond motifs is 2. The van der Waals surface area contributed by atoms with Crippen molar-refractivity contribution < 1.29 is 37.1 Å². The highest BCUT2D eigenvalue weighted by atomic mass is 19.4. The number of carbonyl (C=O) groups excluding carboxylic acids is 5. The van der Waals surface area contributed by atoms with Crippen LogP contribution in [0.1, 0.15) is 67.3 Å². The highest BCUT2D eigenvalue weighted by molar-refractivity contribution is 5.99. The third-order valence-corrected chi connectivity index (χ3v) is 7.10. The summed E-state index contributed by atoms with van der Waals surface area (Å²) < 4.78 is 40.4. The smallest absolute Gasteiger partial charge is 0.370 e. The number of hydrogen-bond acceptors (Lipinski definition) is 7. The molecule has 260 valence electrons. The molecule has 15 nitrogen and oxygen atoms in total. The van der Waals surface area contributed by atoms with E-state index in [1.165, 1.54) is 12.1 Å². The molecule has 1 aliphatic rings. The molecule has 12 N–H and O–H groups in total. The third-order valence-electron chi connectivity index (χ3n) is 7.10. The summed E-state index contributed by atoms with van der Waals surface area (Å²) in [6.45, 7) is 0.396. The molecule has 2 bridgehead atoms. The lowest BCUT2D eigenvalue weighted by atomic mass is 10.0. The van der Waals surface area contributed by atoms with Gasteiger partial charge in [0.1, 0.15) is 12.1 Å². The number of Topliss-reactive ketones (excluding diaryl/α,β-unsaturated/α-hetero) is 1. The molecule has 3 atom stereocenters. The molecular weight excluding hydrogens is 625 g/mol. The molecule has 0 saturated heterocycles. The van der Waals surface area contributed by atoms with Crippen LogP contribution in [0.15, 0.2) is 34.3 Å². The van der Waals surface area contributed by atoms with Gasteiger partial charge in [0.05, 0.1) is 12.5 Å². The molecule has 0 saturated carbocycles. The Morgan fingerprint density at radius 3 is 2.11 bits per heavy atom. The number of hydrogen-bond donors (Lipinski definition) is 8. The lowest BCUT2D eigenvalue weighted by Crippen LogP contribution is -2.56. The number of guanidine groups is 2. The van der Waals surface area contributed by atoms with Gasteiger partial charge in [-0.1, -0.05) is 12.1 Å². The van der Waals surface area contributed by atoms with E-state index in [4.69, 9.17) is 22.9 Å². The van der Waals surface area contributed by atoms with Crippen molar-refractivity contribution in [2.75, 3.05) is 19.6 Å². The SMILES string of the molecule is NC(N)=NCCCC[C@@H]1NC(=O)c2cccc(c2)CC(=O)NCCCC[C@@H](C(=O)C(F)(F)F)NC(=O)[C@H](CCCN=C(N)N)NC1=O. The topological polar surface area (TPSA) is 262 Å². The Morgan fingerprint density at radius 2 is 1.45 bits per heavy atom. The molecule has 1 aliphatic heterocycles. The maximum Gasteiger partial charge on any atom is 0.452 e. The van der Waals surface area contributed by atoms with Crippen molar-refractivity contribution >= 4 is 41.3 Å². The molecule has 0 fully saturated rings. The van der Waals surface area contributed by atoms with E-state index in [-0.39, 0.29) is 82.1 Å². The van der Waals surface area contributed by atoms with Gasteiger partial charge in [-0.3, -0.25) is 34.0 Å². The van der Waals surface area contributed by atoms with Crippen LogP contribution in [0.2, 0.25) is 0 Å². The molecule has 0 radical (unpaired) electrons. The zero-order valence-electron chi connectivity index (χ0n) is 25.9. The molecule has 0 aliphatic carbocycles. The first kappa shape index (κ1) is 38.3. The molecular formula is C29H43F3N10O5. The first-order valence-electron chi connectivity index (χ1n) is 15.2. The fraction of sp³-hybridized carbons (Fsp3) is 0.552. The van der Waals surface area contributed by atoms with Gasteiger partial charge in [0.25, 0.3) is 11.7 Å². The molecule has 2 rings (SSSR count). The zero-order chi connectivity index (χ0) is 35.0. The van der Waals surface area contributed by atoms with Crippen molar-refractivity contribution in [3.8, 4) is 0 Å². The maximum absolute atomic E-state index is 13.6. The molecule has 0 aromatic heterocycles. The minimum atomic E-state index is -5.24. The van der Waals surface area contributed by atoms with Crippen LogP contribution in [0.25, 0.3) is 0 Å². The second-order valence-corrected chi connectivity index (χ2v) is 11.0. The largest absolute Gasteiger partial charge is 0.452 e. The van der Waals surface area contributed by atoms with Crippen LogP contribution in [-0.4, -0.2) is 85.3 Å². The van der Waals surface area contributed by atoms with Crippen LogP contribution in [0.4, 0.5) is 13.2 Å². The zero-order valence-corrected chi connectivity index (χ0v) is 25.9. The number of nitrogens with two attached hydrogens (primary N) is 4. The minimum absolute atomic E-state index is 0.0416. The van der Waals surface area contributed by atoms with Crippen molar-refractivity contribution in [3.63, 3.8) is 0 Å². The van der Waals surface area contributed by atoms with E-state index in [1.807, 2.05) is 0 Å². The second kappa shape index (κ2) is 18.9. The molecule has 1 aromatic rings. The van der Waals surface area contributed by atoms with Crippen molar-refractivity contribution in [3.05, 3.63) is 35.4 Å². The third kappa shape index (κ3) is 14.4. The summed E-state index contributed by atoms with van der Waals surface area (Å²) in [5, 5.41) is 9.96. The minimum Gasteiger partial charge on any atom is -0.370 e. The fourth-order valence-corrected chi connectivity index (χ4v) is 4.73. The lowest BCUT2D eigenvalue weighted by molar-refractivity contribution is -0.174. The fourth-order valence-electron chi connectivity index (χ4n) is 4.73. The average molecular weight is 669 g/mol. The molecule has 47 heavy (non-hydrogen) atoms. The van der Waals surface area contributed by atoms with Crippen molar-refractivity contribution in [2.45, 2.75) is 82.1 Å². The number of ketones is 1. The van der Waals surface area contributed by atoms with Crippen LogP contribution in [-0.2, 0) is 25.6 Å². The normalized spacial score (nSPS) is 20.2. The predicted octanol–water partition coefficient (Wildman–Crippen LogP) is -0.774. The molecule has 1 heterocycles. The van der Waals surface area contributed by atoms with Crippen LogP contribution in [0.3, 0.4) is 0 Å². The number of nitrogens with zero attached hydrogens (tertiary/aromatic N) is 2. The van der Waals surface area contributed by atoms with Gasteiger partial charge in [-0.15, -0.1) is 0 Å². The first-order chi connectivity index (χ1) is 22.2. The van der Waals surface area contributed by atoms with Crippen LogP contribution in [0, 0.1) is 0 Å². The Labute approximate surface area is 269 Å². The molecule has 0 unspecified atom stereocenters. The van der Waals surface area contributed by atoms with Gasteiger partial charge in [0, 0.05) is 25.2 Å². The highest BCUT2D eigenvalue weighted by Gasteiger charge is 2.44. The standard InChI is InChI=1S/C29H43F3N10O5/c30-29(31,32)23(44)19-9-1-3-12-37-22(43)16-17-7-5-8-18(15-17)24(45)41-20(10-2-4-13-38-27(33)34)26(47)42-21(25(46)40-19)11-6-14-39-28(35)36/h5,7-8,15,19-21H,1-4,6,9-14,16H2,(H,37,43)(H,40,46)(H,41,45)(H,42,47)(H4,33,34,38)(H4,35,36,39)/t19-,20-,21-/m0/s1. The summed E-state index contributed by atoms with van der Waals surface area (Å²) in [6.07, 6.45) is -4.51. The number of nitrogens with one attached hydrogen (secondary N) is 4. The summed E-state index contributed by atoms with van der Waals surface area (Å²) in [5.74, 6) is -5.36. The number of halogens is 3. The Balaban J connectivity index is 2.43. The average Bonchev–Trinajstić information content (AvgIpc) is 2.99. The maximum atomic E-state index is 13.6. The summed E-state index contributed by atoms with van der Waals surface area (Å²) in [5.41, 5.74) is 22.1. The molecule has 4 amide bonds. The van der Waals surface area contributed by atoms with E-state index in [1.54, 1.807) is 12.1 Å². The van der Waals surface area contributed by atoms with Crippen LogP contribution >= 0.6 is 0 Å². The Kier molecular flexibility index (Phi) is 15.4. The van der Waals surface area contributed by atoms with Crippen molar-refractivity contribution in [1.82, 2.24) is 21.3 Å². The summed E-state index contributed by atoms with van der Waals surface area (Å²) in [7, 11) is 0. The molecule has 18 heteroatoms. The molecule has 1 aromatic carbocycles. The van der Waals surface area contributed by atoms with Crippen molar-refractivity contribution in [2.24, 2.45) is 32.9 Å². The van der Waals surface area contributed by atoms with Crippen molar-refractivity contribution in [1.29, 1.82) is 0 Å². The number of carbonyl (C=O) groups is 5. The van der Waals surface area contributed by atoms with Crippen LogP contribution < -0.4 is 44.2 Å². The van der Waals surface area contributed by atoms with Gasteiger partial charge in [-0.05, 0) is 69.1 Å².